The SMILES string of the molecule is c1ccc(-c2c(-c3ccccc3)c(-c3ccccc3)c3cc(-c4ccc(N(c5ccc(-c6ccc7ccccc7c6)cc5)c5ccc6c(c5)sc5ccccc56)cc4)ccc3c2-c2ccccc2)cc1. The monoisotopic (exact) mass is 907 g/mol. The Kier molecular flexibility index (Phi) is 10.5. The number of anilines is 3. The second-order valence-corrected chi connectivity index (χ2v) is 19.1. The predicted octanol–water partition coefficient (Wildman–Crippen LogP) is 19.8. The molecule has 328 valence electrons. The maximum absolute atomic E-state index is 2.43. The predicted molar refractivity (Wildman–Crippen MR) is 302 cm³/mol. The molecule has 1 heterocycles. The van der Waals surface area contributed by atoms with Gasteiger partial charge in [0.2, 0.25) is 0 Å². The Balaban J connectivity index is 0.976. The van der Waals surface area contributed by atoms with Crippen LogP contribution in [-0.2, 0) is 0 Å². The van der Waals surface area contributed by atoms with E-state index in [0.29, 0.717) is 0 Å². The van der Waals surface area contributed by atoms with Gasteiger partial charge in [0.15, 0.2) is 0 Å². The molecule has 0 atom stereocenters. The van der Waals surface area contributed by atoms with Crippen molar-refractivity contribution in [2.45, 2.75) is 0 Å². The molecular formula is C68H45NS. The zero-order valence-corrected chi connectivity index (χ0v) is 39.2. The van der Waals surface area contributed by atoms with Crippen molar-refractivity contribution in [2.24, 2.45) is 0 Å². The number of benzene rings is 12. The van der Waals surface area contributed by atoms with Gasteiger partial charge < -0.3 is 4.90 Å². The van der Waals surface area contributed by atoms with Gasteiger partial charge in [-0.3, -0.25) is 0 Å². The van der Waals surface area contributed by atoms with Gasteiger partial charge >= 0.3 is 0 Å². The summed E-state index contributed by atoms with van der Waals surface area (Å²) in [7, 11) is 0. The Morgan fingerprint density at radius 1 is 0.214 bits per heavy atom. The molecule has 0 saturated heterocycles. The van der Waals surface area contributed by atoms with Crippen LogP contribution in [0.2, 0.25) is 0 Å². The van der Waals surface area contributed by atoms with E-state index in [-0.39, 0.29) is 0 Å². The zero-order valence-electron chi connectivity index (χ0n) is 38.3. The fraction of sp³-hybridized carbons (Fsp3) is 0. The third kappa shape index (κ3) is 7.43. The molecule has 12 aromatic carbocycles. The van der Waals surface area contributed by atoms with Gasteiger partial charge in [-0.2, -0.15) is 0 Å². The molecule has 0 fully saturated rings. The van der Waals surface area contributed by atoms with Crippen LogP contribution < -0.4 is 4.90 Å². The summed E-state index contributed by atoms with van der Waals surface area (Å²) in [5.41, 5.74) is 17.7. The fourth-order valence-corrected chi connectivity index (χ4v) is 11.7. The Morgan fingerprint density at radius 2 is 0.629 bits per heavy atom. The summed E-state index contributed by atoms with van der Waals surface area (Å²) in [5.74, 6) is 0. The lowest BCUT2D eigenvalue weighted by molar-refractivity contribution is 1.29. The van der Waals surface area contributed by atoms with Crippen molar-refractivity contribution in [1.82, 2.24) is 0 Å². The summed E-state index contributed by atoms with van der Waals surface area (Å²) in [6.07, 6.45) is 0. The van der Waals surface area contributed by atoms with E-state index >= 15 is 0 Å². The van der Waals surface area contributed by atoms with Gasteiger partial charge in [-0.15, -0.1) is 11.3 Å². The average Bonchev–Trinajstić information content (AvgIpc) is 3.81. The minimum Gasteiger partial charge on any atom is -0.310 e. The van der Waals surface area contributed by atoms with Gasteiger partial charge in [0.1, 0.15) is 0 Å². The minimum absolute atomic E-state index is 1.10. The Bertz CT molecular complexity index is 4010. The molecule has 0 spiro atoms. The molecule has 13 aromatic rings. The van der Waals surface area contributed by atoms with Crippen molar-refractivity contribution in [3.8, 4) is 66.8 Å². The molecular weight excluding hydrogens is 863 g/mol. The van der Waals surface area contributed by atoms with Gasteiger partial charge in [0.25, 0.3) is 0 Å². The van der Waals surface area contributed by atoms with Gasteiger partial charge in [0.05, 0.1) is 0 Å². The van der Waals surface area contributed by atoms with E-state index in [0.717, 1.165) is 22.6 Å². The zero-order chi connectivity index (χ0) is 46.4. The molecule has 70 heavy (non-hydrogen) atoms. The fourth-order valence-electron chi connectivity index (χ4n) is 10.5. The number of fused-ring (bicyclic) bond motifs is 5. The minimum atomic E-state index is 1.10. The van der Waals surface area contributed by atoms with E-state index in [1.54, 1.807) is 0 Å². The van der Waals surface area contributed by atoms with E-state index in [2.05, 4.69) is 278 Å². The van der Waals surface area contributed by atoms with Gasteiger partial charge in [-0.05, 0) is 143 Å². The summed E-state index contributed by atoms with van der Waals surface area (Å²) in [4.78, 5) is 2.40. The van der Waals surface area contributed by atoms with Crippen LogP contribution in [0, 0.1) is 0 Å². The maximum Gasteiger partial charge on any atom is 0.0476 e. The molecule has 0 bridgehead atoms. The third-order valence-corrected chi connectivity index (χ3v) is 15.0. The highest BCUT2D eigenvalue weighted by atomic mass is 32.1. The van der Waals surface area contributed by atoms with E-state index in [9.17, 15) is 0 Å². The number of hydrogen-bond donors (Lipinski definition) is 0. The molecule has 0 aliphatic heterocycles. The quantitative estimate of drug-likeness (QED) is 0.139. The lowest BCUT2D eigenvalue weighted by Gasteiger charge is -2.26. The van der Waals surface area contributed by atoms with Crippen LogP contribution in [0.3, 0.4) is 0 Å². The second-order valence-electron chi connectivity index (χ2n) is 18.0. The lowest BCUT2D eigenvalue weighted by atomic mass is 9.78. The molecule has 0 N–H and O–H groups in total. The molecule has 1 nitrogen and oxygen atoms in total. The van der Waals surface area contributed by atoms with Crippen LogP contribution in [0.25, 0.3) is 108 Å². The smallest absolute Gasteiger partial charge is 0.0476 e. The summed E-state index contributed by atoms with van der Waals surface area (Å²) < 4.78 is 2.58. The standard InChI is InChI=1S/C68H45NS/c1-5-18-49(19-6-1)65-61-41-35-55(44-62(61)66(50-20-7-2-8-21-50)68(52-24-11-4-12-25-52)67(65)51-22-9-3-10-23-51)48-33-38-57(39-34-48)69(58-40-42-60-59-27-15-16-28-63(59)70-64(60)45-58)56-36-31-47(32-37-56)54-30-29-46-17-13-14-26-53(46)43-54/h1-45H. The first-order chi connectivity index (χ1) is 34.7. The Morgan fingerprint density at radius 3 is 1.21 bits per heavy atom. The van der Waals surface area contributed by atoms with Crippen LogP contribution in [0.15, 0.2) is 273 Å². The van der Waals surface area contributed by atoms with Crippen LogP contribution in [-0.4, -0.2) is 0 Å². The highest BCUT2D eigenvalue weighted by Gasteiger charge is 2.25. The molecule has 13 rings (SSSR count). The molecule has 0 unspecified atom stereocenters. The van der Waals surface area contributed by atoms with E-state index < -0.39 is 0 Å². The van der Waals surface area contributed by atoms with Crippen LogP contribution in [0.1, 0.15) is 0 Å². The molecule has 0 radical (unpaired) electrons. The number of thiophene rings is 1. The van der Waals surface area contributed by atoms with Crippen molar-refractivity contribution >= 4 is 70.1 Å². The van der Waals surface area contributed by atoms with Crippen molar-refractivity contribution in [3.05, 3.63) is 273 Å². The van der Waals surface area contributed by atoms with Gasteiger partial charge in [0, 0.05) is 37.2 Å². The van der Waals surface area contributed by atoms with Crippen LogP contribution in [0.4, 0.5) is 17.1 Å². The summed E-state index contributed by atoms with van der Waals surface area (Å²) in [6.45, 7) is 0. The summed E-state index contributed by atoms with van der Waals surface area (Å²) in [6, 6.07) is 100. The number of rotatable bonds is 9. The molecule has 0 amide bonds. The molecule has 1 aromatic heterocycles. The number of nitrogens with zero attached hydrogens (tertiary/aromatic N) is 1. The average molecular weight is 908 g/mol. The van der Waals surface area contributed by atoms with E-state index in [1.807, 2.05) is 11.3 Å². The molecule has 0 aliphatic rings. The molecule has 2 heteroatoms. The molecule has 0 aliphatic carbocycles. The van der Waals surface area contributed by atoms with Crippen LogP contribution in [0.5, 0.6) is 0 Å². The maximum atomic E-state index is 2.43. The first kappa shape index (κ1) is 41.4. The van der Waals surface area contributed by atoms with Crippen molar-refractivity contribution in [3.63, 3.8) is 0 Å². The van der Waals surface area contributed by atoms with E-state index in [4.69, 9.17) is 0 Å². The normalized spacial score (nSPS) is 11.4. The second kappa shape index (κ2) is 17.7. The van der Waals surface area contributed by atoms with Crippen molar-refractivity contribution in [1.29, 1.82) is 0 Å². The summed E-state index contributed by atoms with van der Waals surface area (Å²) >= 11 is 1.86. The third-order valence-electron chi connectivity index (χ3n) is 13.8. The van der Waals surface area contributed by atoms with Gasteiger partial charge in [-0.25, -0.2) is 0 Å². The highest BCUT2D eigenvalue weighted by molar-refractivity contribution is 7.25. The Hall–Kier alpha value is -8.82. The first-order valence-corrected chi connectivity index (χ1v) is 24.8. The first-order valence-electron chi connectivity index (χ1n) is 24.0. The van der Waals surface area contributed by atoms with Crippen molar-refractivity contribution in [2.75, 3.05) is 4.90 Å². The number of hydrogen-bond acceptors (Lipinski definition) is 2. The van der Waals surface area contributed by atoms with Crippen molar-refractivity contribution < 1.29 is 0 Å². The largest absolute Gasteiger partial charge is 0.310 e. The highest BCUT2D eigenvalue weighted by Crippen LogP contribution is 2.52. The molecule has 0 saturated carbocycles. The lowest BCUT2D eigenvalue weighted by Crippen LogP contribution is -2.09. The topological polar surface area (TPSA) is 3.24 Å². The Labute approximate surface area is 412 Å². The summed E-state index contributed by atoms with van der Waals surface area (Å²) in [5, 5.41) is 7.53. The van der Waals surface area contributed by atoms with Gasteiger partial charge in [-0.1, -0.05) is 218 Å². The van der Waals surface area contributed by atoms with E-state index in [1.165, 1.54) is 103 Å². The van der Waals surface area contributed by atoms with Crippen LogP contribution >= 0.6 is 11.3 Å².